The minimum Gasteiger partial charge on any atom is -0.507 e. The molecule has 2 heterocycles. The summed E-state index contributed by atoms with van der Waals surface area (Å²) >= 11 is 1.26. The number of non-ortho nitro benzene ring substituents is 1. The van der Waals surface area contributed by atoms with Crippen LogP contribution in [0.4, 0.5) is 10.8 Å². The summed E-state index contributed by atoms with van der Waals surface area (Å²) in [5, 5.41) is 22.5. The van der Waals surface area contributed by atoms with E-state index in [1.165, 1.54) is 40.5 Å². The fraction of sp³-hybridized carbons (Fsp3) is 0.174. The van der Waals surface area contributed by atoms with Crippen LogP contribution in [0.1, 0.15) is 33.3 Å². The number of hydrogen-bond acceptors (Lipinski definition) is 7. The van der Waals surface area contributed by atoms with Gasteiger partial charge in [-0.2, -0.15) is 0 Å². The van der Waals surface area contributed by atoms with E-state index in [2.05, 4.69) is 4.98 Å². The van der Waals surface area contributed by atoms with Gasteiger partial charge in [0.2, 0.25) is 0 Å². The van der Waals surface area contributed by atoms with Crippen molar-refractivity contribution < 1.29 is 19.6 Å². The second-order valence-electron chi connectivity index (χ2n) is 7.52. The highest BCUT2D eigenvalue weighted by Crippen LogP contribution is 2.44. The minimum absolute atomic E-state index is 0.0850. The van der Waals surface area contributed by atoms with Crippen LogP contribution in [0.15, 0.2) is 54.1 Å². The maximum Gasteiger partial charge on any atom is 0.301 e. The van der Waals surface area contributed by atoms with Gasteiger partial charge in [0.15, 0.2) is 5.13 Å². The summed E-state index contributed by atoms with van der Waals surface area (Å²) in [6.07, 6.45) is 0. The van der Waals surface area contributed by atoms with Gasteiger partial charge < -0.3 is 5.11 Å². The predicted molar refractivity (Wildman–Crippen MR) is 121 cm³/mol. The van der Waals surface area contributed by atoms with Crippen LogP contribution in [-0.2, 0) is 9.59 Å². The number of nitrogens with zero attached hydrogens (tertiary/aromatic N) is 3. The smallest absolute Gasteiger partial charge is 0.301 e. The SMILES string of the molecule is Cc1ccc(C(O)=C2C(=O)C(=O)N(c3nc(C)c(C)s3)[C@H]2c2ccc([N+](=O)[O-])cc2)cc1. The van der Waals surface area contributed by atoms with Crippen LogP contribution in [0.5, 0.6) is 0 Å². The van der Waals surface area contributed by atoms with Gasteiger partial charge in [0.25, 0.3) is 11.5 Å². The van der Waals surface area contributed by atoms with Gasteiger partial charge in [0.05, 0.1) is 22.2 Å². The molecule has 1 aromatic heterocycles. The highest BCUT2D eigenvalue weighted by Gasteiger charge is 2.48. The van der Waals surface area contributed by atoms with Crippen molar-refractivity contribution in [1.29, 1.82) is 0 Å². The summed E-state index contributed by atoms with van der Waals surface area (Å²) in [6, 6.07) is 11.5. The molecule has 2 aromatic carbocycles. The lowest BCUT2D eigenvalue weighted by Crippen LogP contribution is -2.29. The van der Waals surface area contributed by atoms with Gasteiger partial charge in [-0.1, -0.05) is 29.8 Å². The van der Waals surface area contributed by atoms with Gasteiger partial charge in [-0.05, 0) is 38.5 Å². The molecule has 0 radical (unpaired) electrons. The van der Waals surface area contributed by atoms with E-state index in [-0.39, 0.29) is 17.0 Å². The molecule has 1 N–H and O–H groups in total. The van der Waals surface area contributed by atoms with Crippen molar-refractivity contribution in [2.24, 2.45) is 0 Å². The standard InChI is InChI=1S/C23H19N3O5S/c1-12-4-6-16(7-5-12)20(27)18-19(15-8-10-17(11-9-15)26(30)31)25(22(29)21(18)28)23-24-13(2)14(3)32-23/h4-11,19,27H,1-3H3/t19-/m0/s1. The Kier molecular flexibility index (Phi) is 5.35. The molecule has 8 nitrogen and oxygen atoms in total. The van der Waals surface area contributed by atoms with Crippen molar-refractivity contribution in [2.75, 3.05) is 4.90 Å². The van der Waals surface area contributed by atoms with E-state index in [1.807, 2.05) is 13.8 Å². The molecule has 1 atom stereocenters. The maximum atomic E-state index is 13.1. The van der Waals surface area contributed by atoms with E-state index in [0.29, 0.717) is 16.3 Å². The zero-order valence-corrected chi connectivity index (χ0v) is 18.3. The number of carbonyl (C=O) groups is 2. The molecule has 32 heavy (non-hydrogen) atoms. The molecule has 0 bridgehead atoms. The highest BCUT2D eigenvalue weighted by atomic mass is 32.1. The molecule has 9 heteroatoms. The molecular weight excluding hydrogens is 430 g/mol. The van der Waals surface area contributed by atoms with Crippen molar-refractivity contribution in [1.82, 2.24) is 4.98 Å². The molecule has 1 saturated heterocycles. The predicted octanol–water partition coefficient (Wildman–Crippen LogP) is 4.60. The Labute approximate surface area is 187 Å². The maximum absolute atomic E-state index is 13.1. The monoisotopic (exact) mass is 449 g/mol. The first-order chi connectivity index (χ1) is 15.2. The molecule has 4 rings (SSSR count). The number of aliphatic hydroxyl groups excluding tert-OH is 1. The number of nitro groups is 1. The molecule has 1 aliphatic rings. The van der Waals surface area contributed by atoms with E-state index in [0.717, 1.165) is 16.1 Å². The van der Waals surface area contributed by atoms with Gasteiger partial charge in [0.1, 0.15) is 5.76 Å². The van der Waals surface area contributed by atoms with E-state index < -0.39 is 22.7 Å². The lowest BCUT2D eigenvalue weighted by molar-refractivity contribution is -0.384. The third kappa shape index (κ3) is 3.56. The summed E-state index contributed by atoms with van der Waals surface area (Å²) in [7, 11) is 0. The van der Waals surface area contributed by atoms with E-state index >= 15 is 0 Å². The Balaban J connectivity index is 1.93. The third-order valence-electron chi connectivity index (χ3n) is 5.41. The number of hydrogen-bond donors (Lipinski definition) is 1. The number of aromatic nitrogens is 1. The third-order valence-corrected chi connectivity index (χ3v) is 6.48. The van der Waals surface area contributed by atoms with Crippen LogP contribution in [-0.4, -0.2) is 26.7 Å². The summed E-state index contributed by atoms with van der Waals surface area (Å²) in [5.74, 6) is -1.95. The first-order valence-electron chi connectivity index (χ1n) is 9.75. The number of carbonyl (C=O) groups excluding carboxylic acids is 2. The molecule has 3 aromatic rings. The van der Waals surface area contributed by atoms with Gasteiger partial charge in [0, 0.05) is 22.6 Å². The van der Waals surface area contributed by atoms with Gasteiger partial charge >= 0.3 is 5.91 Å². The first-order valence-corrected chi connectivity index (χ1v) is 10.6. The number of thiazole rings is 1. The minimum atomic E-state index is -0.970. The van der Waals surface area contributed by atoms with Gasteiger partial charge in [-0.3, -0.25) is 24.6 Å². The second-order valence-corrected chi connectivity index (χ2v) is 8.70. The number of benzene rings is 2. The largest absolute Gasteiger partial charge is 0.507 e. The van der Waals surface area contributed by atoms with Crippen molar-refractivity contribution >= 4 is 39.6 Å². The molecule has 162 valence electrons. The molecule has 0 aliphatic carbocycles. The van der Waals surface area contributed by atoms with Crippen LogP contribution in [0.2, 0.25) is 0 Å². The van der Waals surface area contributed by atoms with E-state index in [4.69, 9.17) is 0 Å². The number of aliphatic hydroxyl groups is 1. The molecule has 0 spiro atoms. The lowest BCUT2D eigenvalue weighted by Gasteiger charge is -2.23. The molecule has 1 fully saturated rings. The van der Waals surface area contributed by atoms with Crippen LogP contribution in [0, 0.1) is 30.9 Å². The zero-order valence-electron chi connectivity index (χ0n) is 17.5. The Morgan fingerprint density at radius 1 is 1.06 bits per heavy atom. The summed E-state index contributed by atoms with van der Waals surface area (Å²) in [4.78, 5) is 43.3. The lowest BCUT2D eigenvalue weighted by atomic mass is 9.95. The van der Waals surface area contributed by atoms with Crippen molar-refractivity contribution in [2.45, 2.75) is 26.8 Å². The number of rotatable bonds is 4. The topological polar surface area (TPSA) is 114 Å². The van der Waals surface area contributed by atoms with Gasteiger partial charge in [-0.25, -0.2) is 4.98 Å². The van der Waals surface area contributed by atoms with E-state index in [9.17, 15) is 24.8 Å². The highest BCUT2D eigenvalue weighted by molar-refractivity contribution is 7.16. The fourth-order valence-corrected chi connectivity index (χ4v) is 4.49. The van der Waals surface area contributed by atoms with E-state index in [1.54, 1.807) is 31.2 Å². The first kappa shape index (κ1) is 21.4. The second kappa shape index (κ2) is 8.01. The Hall–Kier alpha value is -3.85. The van der Waals surface area contributed by atoms with Gasteiger partial charge in [-0.15, -0.1) is 11.3 Å². The number of ketones is 1. The van der Waals surface area contributed by atoms with Crippen molar-refractivity contribution in [3.05, 3.63) is 91.5 Å². The van der Waals surface area contributed by atoms with Crippen LogP contribution in [0.3, 0.4) is 0 Å². The number of nitro benzene ring substituents is 1. The summed E-state index contributed by atoms with van der Waals surface area (Å²) in [5.41, 5.74) is 2.35. The normalized spacial score (nSPS) is 17.7. The van der Waals surface area contributed by atoms with Crippen molar-refractivity contribution in [3.63, 3.8) is 0 Å². The quantitative estimate of drug-likeness (QED) is 0.205. The molecule has 1 amide bonds. The molecule has 0 unspecified atom stereocenters. The Bertz CT molecular complexity index is 1260. The number of aryl methyl sites for hydroxylation is 3. The average Bonchev–Trinajstić information content (AvgIpc) is 3.23. The number of amides is 1. The molecule has 0 saturated carbocycles. The van der Waals surface area contributed by atoms with Crippen LogP contribution in [0.25, 0.3) is 5.76 Å². The van der Waals surface area contributed by atoms with Crippen LogP contribution < -0.4 is 4.90 Å². The van der Waals surface area contributed by atoms with Crippen molar-refractivity contribution in [3.8, 4) is 0 Å². The Morgan fingerprint density at radius 3 is 2.22 bits per heavy atom. The Morgan fingerprint density at radius 2 is 1.69 bits per heavy atom. The average molecular weight is 449 g/mol. The summed E-state index contributed by atoms with van der Waals surface area (Å²) in [6.45, 7) is 5.56. The van der Waals surface area contributed by atoms with Crippen LogP contribution >= 0.6 is 11.3 Å². The molecular formula is C23H19N3O5S. The number of anilines is 1. The fourth-order valence-electron chi connectivity index (χ4n) is 3.55. The summed E-state index contributed by atoms with van der Waals surface area (Å²) < 4.78 is 0. The zero-order chi connectivity index (χ0) is 23.2. The number of Topliss-reactive ketones (excluding diaryl/α,β-unsaturated/α-hetero) is 1. The molecule has 1 aliphatic heterocycles.